The van der Waals surface area contributed by atoms with Crippen LogP contribution in [-0.2, 0) is 0 Å². The third-order valence-corrected chi connectivity index (χ3v) is 3.29. The third kappa shape index (κ3) is 3.29. The molecule has 102 valence electrons. The van der Waals surface area contributed by atoms with E-state index in [9.17, 15) is 20.0 Å². The van der Waals surface area contributed by atoms with Crippen molar-refractivity contribution in [2.24, 2.45) is 5.92 Å². The van der Waals surface area contributed by atoms with Crippen LogP contribution >= 0.6 is 0 Å². The Morgan fingerprint density at radius 2 is 2.26 bits per heavy atom. The number of nitro groups is 1. The fourth-order valence-corrected chi connectivity index (χ4v) is 1.95. The van der Waals surface area contributed by atoms with Crippen molar-refractivity contribution >= 4 is 11.6 Å². The maximum absolute atomic E-state index is 11.8. The molecule has 1 unspecified atom stereocenters. The molecular formula is C13H16N2O4. The Hall–Kier alpha value is -1.95. The maximum Gasteiger partial charge on any atom is 0.272 e. The van der Waals surface area contributed by atoms with Gasteiger partial charge in [0.15, 0.2) is 0 Å². The Labute approximate surface area is 110 Å². The quantitative estimate of drug-likeness (QED) is 0.621. The van der Waals surface area contributed by atoms with E-state index in [4.69, 9.17) is 0 Å². The van der Waals surface area contributed by atoms with Crippen molar-refractivity contribution in [2.75, 3.05) is 6.54 Å². The second kappa shape index (κ2) is 5.36. The van der Waals surface area contributed by atoms with E-state index >= 15 is 0 Å². The topological polar surface area (TPSA) is 92.5 Å². The summed E-state index contributed by atoms with van der Waals surface area (Å²) in [5.74, 6) is -0.0170. The van der Waals surface area contributed by atoms with Gasteiger partial charge in [0.25, 0.3) is 11.6 Å². The van der Waals surface area contributed by atoms with Crippen molar-refractivity contribution in [3.8, 4) is 0 Å². The number of rotatable bonds is 5. The Morgan fingerprint density at radius 3 is 2.79 bits per heavy atom. The van der Waals surface area contributed by atoms with Crippen LogP contribution in [0.15, 0.2) is 18.2 Å². The molecule has 1 amide bonds. The van der Waals surface area contributed by atoms with Crippen molar-refractivity contribution in [2.45, 2.75) is 25.9 Å². The van der Waals surface area contributed by atoms with E-state index in [2.05, 4.69) is 5.32 Å². The molecule has 1 aromatic carbocycles. The maximum atomic E-state index is 11.8. The Bertz CT molecular complexity index is 511. The highest BCUT2D eigenvalue weighted by Gasteiger charge is 2.29. The summed E-state index contributed by atoms with van der Waals surface area (Å²) in [7, 11) is 0. The highest BCUT2D eigenvalue weighted by Crippen LogP contribution is 2.32. The van der Waals surface area contributed by atoms with Crippen LogP contribution in [0, 0.1) is 23.0 Å². The minimum absolute atomic E-state index is 0.00503. The molecule has 6 heteroatoms. The summed E-state index contributed by atoms with van der Waals surface area (Å²) in [6, 6.07) is 4.22. The van der Waals surface area contributed by atoms with Crippen molar-refractivity contribution in [1.29, 1.82) is 0 Å². The van der Waals surface area contributed by atoms with Gasteiger partial charge in [-0.3, -0.25) is 14.9 Å². The van der Waals surface area contributed by atoms with Crippen LogP contribution in [0.5, 0.6) is 0 Å². The van der Waals surface area contributed by atoms with E-state index in [1.54, 1.807) is 6.92 Å². The van der Waals surface area contributed by atoms with Gasteiger partial charge in [0.05, 0.1) is 11.0 Å². The number of aliphatic hydroxyl groups is 1. The fourth-order valence-electron chi connectivity index (χ4n) is 1.95. The number of carbonyl (C=O) groups is 1. The number of amides is 1. The van der Waals surface area contributed by atoms with Crippen molar-refractivity contribution in [3.05, 3.63) is 39.4 Å². The van der Waals surface area contributed by atoms with Crippen LogP contribution in [0.2, 0.25) is 0 Å². The van der Waals surface area contributed by atoms with Gasteiger partial charge in [-0.05, 0) is 37.8 Å². The van der Waals surface area contributed by atoms with Crippen molar-refractivity contribution < 1.29 is 14.8 Å². The van der Waals surface area contributed by atoms with Gasteiger partial charge >= 0.3 is 0 Å². The minimum Gasteiger partial charge on any atom is -0.391 e. The molecule has 1 aliphatic rings. The number of nitrogens with zero attached hydrogens (tertiary/aromatic N) is 1. The molecular weight excluding hydrogens is 248 g/mol. The van der Waals surface area contributed by atoms with E-state index in [1.807, 2.05) is 0 Å². The van der Waals surface area contributed by atoms with E-state index < -0.39 is 11.0 Å². The van der Waals surface area contributed by atoms with Crippen LogP contribution in [-0.4, -0.2) is 28.6 Å². The van der Waals surface area contributed by atoms with Gasteiger partial charge in [-0.15, -0.1) is 0 Å². The molecule has 2 N–H and O–H groups in total. The molecule has 0 aromatic heterocycles. The minimum atomic E-state index is -0.497. The number of nitro benzene ring substituents is 1. The zero-order valence-electron chi connectivity index (χ0n) is 10.6. The number of hydrogen-bond donors (Lipinski definition) is 2. The molecule has 19 heavy (non-hydrogen) atoms. The van der Waals surface area contributed by atoms with Gasteiger partial charge in [-0.25, -0.2) is 0 Å². The van der Waals surface area contributed by atoms with Crippen molar-refractivity contribution in [3.63, 3.8) is 0 Å². The second-order valence-corrected chi connectivity index (χ2v) is 4.87. The zero-order chi connectivity index (χ0) is 14.0. The summed E-state index contributed by atoms with van der Waals surface area (Å²) in [5.41, 5.74) is 0.807. The first-order chi connectivity index (χ1) is 8.99. The lowest BCUT2D eigenvalue weighted by Crippen LogP contribution is -2.33. The molecule has 6 nitrogen and oxygen atoms in total. The second-order valence-electron chi connectivity index (χ2n) is 4.87. The average molecular weight is 264 g/mol. The van der Waals surface area contributed by atoms with Crippen molar-refractivity contribution in [1.82, 2.24) is 5.32 Å². The predicted octanol–water partition coefficient (Wildman–Crippen LogP) is 1.40. The summed E-state index contributed by atoms with van der Waals surface area (Å²) in [6.45, 7) is 1.81. The lowest BCUT2D eigenvalue weighted by molar-refractivity contribution is -0.385. The van der Waals surface area contributed by atoms with Crippen LogP contribution in [0.25, 0.3) is 0 Å². The highest BCUT2D eigenvalue weighted by atomic mass is 16.6. The number of aliphatic hydroxyl groups excluding tert-OH is 1. The monoisotopic (exact) mass is 264 g/mol. The molecule has 0 saturated heterocycles. The first-order valence-electron chi connectivity index (χ1n) is 6.20. The average Bonchev–Trinajstić information content (AvgIpc) is 3.19. The fraction of sp³-hybridized carbons (Fsp3) is 0.462. The Kier molecular flexibility index (Phi) is 3.80. The molecule has 0 aliphatic heterocycles. The van der Waals surface area contributed by atoms with Crippen LogP contribution in [0.4, 0.5) is 5.69 Å². The lowest BCUT2D eigenvalue weighted by Gasteiger charge is -2.10. The molecule has 1 atom stereocenters. The van der Waals surface area contributed by atoms with Crippen LogP contribution in [0.1, 0.15) is 28.8 Å². The molecule has 1 aliphatic carbocycles. The van der Waals surface area contributed by atoms with E-state index in [0.717, 1.165) is 12.8 Å². The van der Waals surface area contributed by atoms with E-state index in [-0.39, 0.29) is 18.1 Å². The summed E-state index contributed by atoms with van der Waals surface area (Å²) in [4.78, 5) is 22.0. The number of carbonyl (C=O) groups excluding carboxylic acids is 1. The smallest absolute Gasteiger partial charge is 0.272 e. The third-order valence-electron chi connectivity index (χ3n) is 3.29. The normalized spacial score (nSPS) is 15.9. The van der Waals surface area contributed by atoms with Gasteiger partial charge in [0, 0.05) is 23.7 Å². The molecule has 1 saturated carbocycles. The number of aryl methyl sites for hydroxylation is 1. The summed E-state index contributed by atoms with van der Waals surface area (Å²) >= 11 is 0. The van der Waals surface area contributed by atoms with Gasteiger partial charge in [0.2, 0.25) is 0 Å². The SMILES string of the molecule is Cc1cc(C(=O)NCC(O)C2CC2)ccc1[N+](=O)[O-]. The number of benzene rings is 1. The number of hydrogen-bond acceptors (Lipinski definition) is 4. The zero-order valence-corrected chi connectivity index (χ0v) is 10.6. The van der Waals surface area contributed by atoms with E-state index in [1.165, 1.54) is 18.2 Å². The Morgan fingerprint density at radius 1 is 1.58 bits per heavy atom. The Balaban J connectivity index is 1.98. The summed E-state index contributed by atoms with van der Waals surface area (Å²) in [5, 5.41) is 23.0. The largest absolute Gasteiger partial charge is 0.391 e. The lowest BCUT2D eigenvalue weighted by atomic mass is 10.1. The van der Waals surface area contributed by atoms with Crippen LogP contribution in [0.3, 0.4) is 0 Å². The highest BCUT2D eigenvalue weighted by molar-refractivity contribution is 5.94. The summed E-state index contributed by atoms with van der Waals surface area (Å²) < 4.78 is 0. The molecule has 1 aromatic rings. The van der Waals surface area contributed by atoms with Gasteiger partial charge < -0.3 is 10.4 Å². The molecule has 0 radical (unpaired) electrons. The molecule has 0 spiro atoms. The summed E-state index contributed by atoms with van der Waals surface area (Å²) in [6.07, 6.45) is 1.52. The molecule has 1 fully saturated rings. The van der Waals surface area contributed by atoms with Crippen LogP contribution < -0.4 is 5.32 Å². The first-order valence-corrected chi connectivity index (χ1v) is 6.20. The van der Waals surface area contributed by atoms with Gasteiger partial charge in [-0.1, -0.05) is 0 Å². The number of nitrogens with one attached hydrogen (secondary N) is 1. The molecule has 0 bridgehead atoms. The molecule has 2 rings (SSSR count). The molecule has 0 heterocycles. The standard InChI is InChI=1S/C13H16N2O4/c1-8-6-10(4-5-11(8)15(18)19)13(17)14-7-12(16)9-2-3-9/h4-6,9,12,16H,2-3,7H2,1H3,(H,14,17). The van der Waals surface area contributed by atoms with Gasteiger partial charge in [0.1, 0.15) is 0 Å². The van der Waals surface area contributed by atoms with E-state index in [0.29, 0.717) is 17.0 Å². The predicted molar refractivity (Wildman–Crippen MR) is 68.9 cm³/mol. The first kappa shape index (κ1) is 13.5. The van der Waals surface area contributed by atoms with Gasteiger partial charge in [-0.2, -0.15) is 0 Å².